The molecule has 0 radical (unpaired) electrons. The van der Waals surface area contributed by atoms with Crippen molar-refractivity contribution in [3.05, 3.63) is 47.5 Å². The van der Waals surface area contributed by atoms with Crippen molar-refractivity contribution in [1.29, 1.82) is 0 Å². The molecule has 0 fully saturated rings. The summed E-state index contributed by atoms with van der Waals surface area (Å²) in [4.78, 5) is 19.3. The zero-order valence-corrected chi connectivity index (χ0v) is 11.8. The normalized spacial score (nSPS) is 17.1. The molecule has 3 rings (SSSR count). The summed E-state index contributed by atoms with van der Waals surface area (Å²) >= 11 is 0. The summed E-state index contributed by atoms with van der Waals surface area (Å²) < 4.78 is 10.4. The van der Waals surface area contributed by atoms with E-state index in [9.17, 15) is 4.79 Å². The second-order valence-corrected chi connectivity index (χ2v) is 4.92. The maximum atomic E-state index is 12.1. The molecule has 2 aromatic rings. The number of esters is 1. The van der Waals surface area contributed by atoms with E-state index in [1.54, 1.807) is 13.4 Å². The first kappa shape index (κ1) is 13.6. The molecule has 6 nitrogen and oxygen atoms in total. The van der Waals surface area contributed by atoms with Crippen LogP contribution in [0.4, 0.5) is 0 Å². The zero-order valence-electron chi connectivity index (χ0n) is 11.8. The number of methoxy groups -OCH3 is 1. The van der Waals surface area contributed by atoms with Crippen LogP contribution in [0.3, 0.4) is 0 Å². The summed E-state index contributed by atoms with van der Waals surface area (Å²) in [6.45, 7) is 0.867. The van der Waals surface area contributed by atoms with Crippen LogP contribution in [0.15, 0.2) is 30.6 Å². The van der Waals surface area contributed by atoms with Crippen molar-refractivity contribution in [3.63, 3.8) is 0 Å². The molecule has 1 aromatic heterocycles. The Labute approximate surface area is 122 Å². The van der Waals surface area contributed by atoms with E-state index in [-0.39, 0.29) is 18.6 Å². The number of imidazole rings is 1. The van der Waals surface area contributed by atoms with Crippen LogP contribution >= 0.6 is 0 Å². The largest absolute Gasteiger partial charge is 0.497 e. The van der Waals surface area contributed by atoms with Gasteiger partial charge in [0.05, 0.1) is 24.8 Å². The van der Waals surface area contributed by atoms with Gasteiger partial charge in [0.2, 0.25) is 0 Å². The van der Waals surface area contributed by atoms with E-state index in [1.165, 1.54) is 0 Å². The number of aromatic amines is 1. The maximum Gasteiger partial charge on any atom is 0.323 e. The molecule has 0 saturated heterocycles. The third-order valence-corrected chi connectivity index (χ3v) is 3.55. The Kier molecular flexibility index (Phi) is 3.87. The number of fused-ring (bicyclic) bond motifs is 1. The van der Waals surface area contributed by atoms with Gasteiger partial charge in [0.1, 0.15) is 18.4 Å². The standard InChI is InChI=1S/C15H17N3O3/c1-20-11-4-2-10(3-5-11)8-21-15(19)13-6-12-14(7-16-13)18-9-17-12/h2-5,9,13,16H,6-8H2,1H3,(H,17,18). The first-order valence-electron chi connectivity index (χ1n) is 6.80. The van der Waals surface area contributed by atoms with Crippen LogP contribution in [0.25, 0.3) is 0 Å². The number of carbonyl (C=O) groups is 1. The third kappa shape index (κ3) is 3.05. The van der Waals surface area contributed by atoms with Gasteiger partial charge in [-0.2, -0.15) is 0 Å². The van der Waals surface area contributed by atoms with Crippen LogP contribution in [-0.2, 0) is 29.1 Å². The summed E-state index contributed by atoms with van der Waals surface area (Å²) in [5.74, 6) is 0.532. The lowest BCUT2D eigenvalue weighted by Crippen LogP contribution is -2.42. The first-order valence-corrected chi connectivity index (χ1v) is 6.80. The number of hydrogen-bond donors (Lipinski definition) is 2. The lowest BCUT2D eigenvalue weighted by Gasteiger charge is -2.21. The Bertz CT molecular complexity index is 621. The number of carbonyl (C=O) groups excluding carboxylic acids is 1. The number of nitrogens with zero attached hydrogens (tertiary/aromatic N) is 1. The molecule has 0 saturated carbocycles. The Morgan fingerprint density at radius 3 is 2.95 bits per heavy atom. The van der Waals surface area contributed by atoms with Crippen LogP contribution in [0.2, 0.25) is 0 Å². The van der Waals surface area contributed by atoms with Gasteiger partial charge < -0.3 is 14.5 Å². The quantitative estimate of drug-likeness (QED) is 0.826. The Morgan fingerprint density at radius 2 is 2.19 bits per heavy atom. The van der Waals surface area contributed by atoms with Crippen molar-refractivity contribution in [2.75, 3.05) is 7.11 Å². The fourth-order valence-corrected chi connectivity index (χ4v) is 2.31. The lowest BCUT2D eigenvalue weighted by molar-refractivity contribution is -0.147. The molecule has 21 heavy (non-hydrogen) atoms. The fraction of sp³-hybridized carbons (Fsp3) is 0.333. The van der Waals surface area contributed by atoms with E-state index in [2.05, 4.69) is 15.3 Å². The molecule has 2 heterocycles. The monoisotopic (exact) mass is 287 g/mol. The van der Waals surface area contributed by atoms with Gasteiger partial charge in [0, 0.05) is 13.0 Å². The predicted molar refractivity (Wildman–Crippen MR) is 75.7 cm³/mol. The van der Waals surface area contributed by atoms with Crippen LogP contribution in [0.5, 0.6) is 5.75 Å². The predicted octanol–water partition coefficient (Wildman–Crippen LogP) is 1.18. The second-order valence-electron chi connectivity index (χ2n) is 4.92. The van der Waals surface area contributed by atoms with Crippen LogP contribution in [-0.4, -0.2) is 29.1 Å². The second kappa shape index (κ2) is 5.97. The van der Waals surface area contributed by atoms with E-state index >= 15 is 0 Å². The van der Waals surface area contributed by atoms with Gasteiger partial charge in [-0.3, -0.25) is 10.1 Å². The number of rotatable bonds is 4. The SMILES string of the molecule is COc1ccc(COC(=O)C2Cc3nc[nH]c3CN2)cc1. The fourth-order valence-electron chi connectivity index (χ4n) is 2.31. The number of aromatic nitrogens is 2. The third-order valence-electron chi connectivity index (χ3n) is 3.55. The zero-order chi connectivity index (χ0) is 14.7. The average molecular weight is 287 g/mol. The summed E-state index contributed by atoms with van der Waals surface area (Å²) in [6.07, 6.45) is 2.21. The van der Waals surface area contributed by atoms with Crippen LogP contribution < -0.4 is 10.1 Å². The first-order chi connectivity index (χ1) is 10.3. The highest BCUT2D eigenvalue weighted by atomic mass is 16.5. The molecule has 1 aliphatic rings. The minimum atomic E-state index is -0.334. The van der Waals surface area contributed by atoms with Crippen molar-refractivity contribution in [2.24, 2.45) is 0 Å². The molecule has 0 spiro atoms. The number of hydrogen-bond acceptors (Lipinski definition) is 5. The van der Waals surface area contributed by atoms with E-state index < -0.39 is 0 Å². The maximum absolute atomic E-state index is 12.1. The van der Waals surface area contributed by atoms with Crippen LogP contribution in [0, 0.1) is 0 Å². The minimum absolute atomic E-state index is 0.250. The Hall–Kier alpha value is -2.34. The van der Waals surface area contributed by atoms with Gasteiger partial charge in [-0.05, 0) is 17.7 Å². The summed E-state index contributed by atoms with van der Waals surface area (Å²) in [5, 5.41) is 3.15. The van der Waals surface area contributed by atoms with Crippen molar-refractivity contribution >= 4 is 5.97 Å². The summed E-state index contributed by atoms with van der Waals surface area (Å²) in [7, 11) is 1.62. The molecule has 2 N–H and O–H groups in total. The van der Waals surface area contributed by atoms with E-state index in [1.807, 2.05) is 24.3 Å². The Balaban J connectivity index is 1.54. The highest BCUT2D eigenvalue weighted by Crippen LogP contribution is 2.15. The highest BCUT2D eigenvalue weighted by Gasteiger charge is 2.26. The molecule has 6 heteroatoms. The van der Waals surface area contributed by atoms with Gasteiger partial charge in [-0.15, -0.1) is 0 Å². The summed E-state index contributed by atoms with van der Waals surface area (Å²) in [6, 6.07) is 7.12. The van der Waals surface area contributed by atoms with Gasteiger partial charge >= 0.3 is 5.97 Å². The van der Waals surface area contributed by atoms with Gasteiger partial charge in [-0.1, -0.05) is 12.1 Å². The van der Waals surface area contributed by atoms with E-state index in [0.717, 1.165) is 22.7 Å². The van der Waals surface area contributed by atoms with E-state index in [4.69, 9.17) is 9.47 Å². The molecule has 1 aliphatic heterocycles. The molecular formula is C15H17N3O3. The molecular weight excluding hydrogens is 270 g/mol. The lowest BCUT2D eigenvalue weighted by atomic mass is 10.1. The number of nitrogens with one attached hydrogen (secondary N) is 2. The van der Waals surface area contributed by atoms with Crippen molar-refractivity contribution in [3.8, 4) is 5.75 Å². The molecule has 0 amide bonds. The molecule has 1 unspecified atom stereocenters. The molecule has 110 valence electrons. The van der Waals surface area contributed by atoms with Gasteiger partial charge in [0.25, 0.3) is 0 Å². The minimum Gasteiger partial charge on any atom is -0.497 e. The highest BCUT2D eigenvalue weighted by molar-refractivity contribution is 5.76. The molecule has 0 aliphatic carbocycles. The molecule has 1 aromatic carbocycles. The Morgan fingerprint density at radius 1 is 1.38 bits per heavy atom. The number of H-pyrrole nitrogens is 1. The van der Waals surface area contributed by atoms with Gasteiger partial charge in [0.15, 0.2) is 0 Å². The van der Waals surface area contributed by atoms with Crippen molar-refractivity contribution < 1.29 is 14.3 Å². The topological polar surface area (TPSA) is 76.2 Å². The van der Waals surface area contributed by atoms with Gasteiger partial charge in [-0.25, -0.2) is 4.98 Å². The molecule has 1 atom stereocenters. The van der Waals surface area contributed by atoms with E-state index in [0.29, 0.717) is 13.0 Å². The number of ether oxygens (including phenoxy) is 2. The smallest absolute Gasteiger partial charge is 0.323 e. The summed E-state index contributed by atoms with van der Waals surface area (Å²) in [5.41, 5.74) is 2.90. The molecule has 0 bridgehead atoms. The van der Waals surface area contributed by atoms with Crippen molar-refractivity contribution in [1.82, 2.24) is 15.3 Å². The van der Waals surface area contributed by atoms with Crippen molar-refractivity contribution in [2.45, 2.75) is 25.6 Å². The average Bonchev–Trinajstić information content (AvgIpc) is 3.00. The van der Waals surface area contributed by atoms with Crippen LogP contribution in [0.1, 0.15) is 17.0 Å². The number of benzene rings is 1.